The van der Waals surface area contributed by atoms with Crippen LogP contribution < -0.4 is 5.32 Å². The van der Waals surface area contributed by atoms with Gasteiger partial charge in [0.2, 0.25) is 0 Å². The van der Waals surface area contributed by atoms with Crippen molar-refractivity contribution in [2.75, 3.05) is 38.2 Å². The van der Waals surface area contributed by atoms with Gasteiger partial charge in [-0.05, 0) is 30.2 Å². The molecular formula is C20H22N4O2. The first-order valence-corrected chi connectivity index (χ1v) is 8.93. The third-order valence-corrected chi connectivity index (χ3v) is 4.68. The molecule has 4 rings (SSSR count). The van der Waals surface area contributed by atoms with E-state index in [1.165, 1.54) is 10.9 Å². The summed E-state index contributed by atoms with van der Waals surface area (Å²) in [7, 11) is 0. The Morgan fingerprint density at radius 2 is 2.04 bits per heavy atom. The van der Waals surface area contributed by atoms with Crippen molar-refractivity contribution in [1.29, 1.82) is 0 Å². The van der Waals surface area contributed by atoms with Gasteiger partial charge in [-0.3, -0.25) is 4.79 Å². The minimum atomic E-state index is 0.0196. The zero-order chi connectivity index (χ0) is 17.8. The van der Waals surface area contributed by atoms with Crippen LogP contribution in [0.5, 0.6) is 0 Å². The lowest BCUT2D eigenvalue weighted by atomic mass is 10.1. The smallest absolute Gasteiger partial charge is 0.255 e. The maximum atomic E-state index is 12.4. The molecule has 0 saturated carbocycles. The number of aromatic nitrogens is 2. The molecule has 1 aromatic carbocycles. The first-order chi connectivity index (χ1) is 12.8. The fourth-order valence-corrected chi connectivity index (χ4v) is 3.24. The van der Waals surface area contributed by atoms with Crippen LogP contribution in [0, 0.1) is 0 Å². The Hall–Kier alpha value is -2.86. The van der Waals surface area contributed by atoms with Gasteiger partial charge in [0.15, 0.2) is 0 Å². The Balaban J connectivity index is 1.33. The summed E-state index contributed by atoms with van der Waals surface area (Å²) in [6.07, 6.45) is 4.61. The number of amides is 1. The van der Waals surface area contributed by atoms with Crippen molar-refractivity contribution >= 4 is 22.6 Å². The fraction of sp³-hybridized carbons (Fsp3) is 0.300. The van der Waals surface area contributed by atoms with E-state index in [4.69, 9.17) is 4.74 Å². The largest absolute Gasteiger partial charge is 0.378 e. The zero-order valence-corrected chi connectivity index (χ0v) is 14.6. The van der Waals surface area contributed by atoms with Gasteiger partial charge in [0.1, 0.15) is 5.82 Å². The average Bonchev–Trinajstić information content (AvgIpc) is 3.12. The Kier molecular flexibility index (Phi) is 4.84. The van der Waals surface area contributed by atoms with Crippen LogP contribution in [-0.2, 0) is 11.2 Å². The molecule has 1 aliphatic rings. The standard InChI is InChI=1S/C20H22N4O2/c25-20(24-9-11-26-12-10-24)16-5-6-19(23-14-16)21-8-7-15-13-22-18-4-2-1-3-17(15)18/h1-6,13-14,22H,7-12H2,(H,21,23). The molecule has 0 atom stereocenters. The number of H-pyrrole nitrogens is 1. The number of fused-ring (bicyclic) bond motifs is 1. The molecule has 3 aromatic rings. The predicted octanol–water partition coefficient (Wildman–Crippen LogP) is 2.69. The van der Waals surface area contributed by atoms with Crippen molar-refractivity contribution in [3.63, 3.8) is 0 Å². The Bertz CT molecular complexity index is 882. The minimum Gasteiger partial charge on any atom is -0.378 e. The number of nitrogens with zero attached hydrogens (tertiary/aromatic N) is 2. The molecule has 1 saturated heterocycles. The van der Waals surface area contributed by atoms with E-state index in [-0.39, 0.29) is 5.91 Å². The van der Waals surface area contributed by atoms with E-state index in [0.29, 0.717) is 31.9 Å². The molecule has 6 nitrogen and oxygen atoms in total. The van der Waals surface area contributed by atoms with Crippen LogP contribution in [0.3, 0.4) is 0 Å². The number of hydrogen-bond donors (Lipinski definition) is 2. The fourth-order valence-electron chi connectivity index (χ4n) is 3.24. The van der Waals surface area contributed by atoms with Crippen LogP contribution in [0.15, 0.2) is 48.8 Å². The number of nitrogens with one attached hydrogen (secondary N) is 2. The number of morpholine rings is 1. The third-order valence-electron chi connectivity index (χ3n) is 4.68. The van der Waals surface area contributed by atoms with Gasteiger partial charge in [0.05, 0.1) is 18.8 Å². The van der Waals surface area contributed by atoms with E-state index in [1.807, 2.05) is 23.1 Å². The van der Waals surface area contributed by atoms with Crippen molar-refractivity contribution in [2.24, 2.45) is 0 Å². The Labute approximate surface area is 152 Å². The summed E-state index contributed by atoms with van der Waals surface area (Å²) in [5.41, 5.74) is 3.06. The number of carbonyl (C=O) groups excluding carboxylic acids is 1. The zero-order valence-electron chi connectivity index (χ0n) is 14.6. The maximum absolute atomic E-state index is 12.4. The molecule has 0 bridgehead atoms. The van der Waals surface area contributed by atoms with Gasteiger partial charge in [-0.15, -0.1) is 0 Å². The Morgan fingerprint density at radius 3 is 2.85 bits per heavy atom. The normalized spacial score (nSPS) is 14.5. The van der Waals surface area contributed by atoms with Crippen molar-refractivity contribution in [3.8, 4) is 0 Å². The highest BCUT2D eigenvalue weighted by Crippen LogP contribution is 2.18. The van der Waals surface area contributed by atoms with Crippen molar-refractivity contribution in [3.05, 3.63) is 59.9 Å². The molecule has 2 aromatic heterocycles. The molecule has 0 unspecified atom stereocenters. The highest BCUT2D eigenvalue weighted by atomic mass is 16.5. The lowest BCUT2D eigenvalue weighted by Gasteiger charge is -2.26. The summed E-state index contributed by atoms with van der Waals surface area (Å²) in [6, 6.07) is 12.0. The number of rotatable bonds is 5. The number of pyridine rings is 1. The van der Waals surface area contributed by atoms with E-state index in [9.17, 15) is 4.79 Å². The number of benzene rings is 1. The van der Waals surface area contributed by atoms with E-state index in [0.717, 1.165) is 24.3 Å². The summed E-state index contributed by atoms with van der Waals surface area (Å²) < 4.78 is 5.28. The average molecular weight is 350 g/mol. The summed E-state index contributed by atoms with van der Waals surface area (Å²) in [5.74, 6) is 0.800. The molecule has 2 N–H and O–H groups in total. The molecule has 0 spiro atoms. The maximum Gasteiger partial charge on any atom is 0.255 e. The number of aromatic amines is 1. The topological polar surface area (TPSA) is 70.2 Å². The molecule has 1 amide bonds. The monoisotopic (exact) mass is 350 g/mol. The molecule has 0 aliphatic carbocycles. The SMILES string of the molecule is O=C(c1ccc(NCCc2c[nH]c3ccccc23)nc1)N1CCOCC1. The van der Waals surface area contributed by atoms with Crippen molar-refractivity contribution < 1.29 is 9.53 Å². The van der Waals surface area contributed by atoms with E-state index in [2.05, 4.69) is 39.7 Å². The van der Waals surface area contributed by atoms with Crippen molar-refractivity contribution in [2.45, 2.75) is 6.42 Å². The Morgan fingerprint density at radius 1 is 1.19 bits per heavy atom. The van der Waals surface area contributed by atoms with Crippen LogP contribution >= 0.6 is 0 Å². The van der Waals surface area contributed by atoms with E-state index >= 15 is 0 Å². The number of anilines is 1. The first kappa shape index (κ1) is 16.6. The van der Waals surface area contributed by atoms with Gasteiger partial charge in [0, 0.05) is 42.9 Å². The van der Waals surface area contributed by atoms with Gasteiger partial charge in [-0.1, -0.05) is 18.2 Å². The summed E-state index contributed by atoms with van der Waals surface area (Å²) in [4.78, 5) is 21.9. The second-order valence-electron chi connectivity index (χ2n) is 6.37. The second-order valence-corrected chi connectivity index (χ2v) is 6.37. The third kappa shape index (κ3) is 3.55. The van der Waals surface area contributed by atoms with Crippen LogP contribution in [0.1, 0.15) is 15.9 Å². The highest BCUT2D eigenvalue weighted by molar-refractivity contribution is 5.94. The first-order valence-electron chi connectivity index (χ1n) is 8.93. The number of ether oxygens (including phenoxy) is 1. The highest BCUT2D eigenvalue weighted by Gasteiger charge is 2.18. The van der Waals surface area contributed by atoms with Crippen LogP contribution in [0.25, 0.3) is 10.9 Å². The molecule has 3 heterocycles. The second kappa shape index (κ2) is 7.58. The van der Waals surface area contributed by atoms with Gasteiger partial charge in [0.25, 0.3) is 5.91 Å². The van der Waals surface area contributed by atoms with Crippen LogP contribution in [0.4, 0.5) is 5.82 Å². The predicted molar refractivity (Wildman–Crippen MR) is 101 cm³/mol. The molecule has 134 valence electrons. The lowest BCUT2D eigenvalue weighted by molar-refractivity contribution is 0.0302. The summed E-state index contributed by atoms with van der Waals surface area (Å²) >= 11 is 0. The number of hydrogen-bond acceptors (Lipinski definition) is 4. The van der Waals surface area contributed by atoms with Gasteiger partial charge < -0.3 is 19.9 Å². The van der Waals surface area contributed by atoms with Gasteiger partial charge in [-0.25, -0.2) is 4.98 Å². The van der Waals surface area contributed by atoms with Gasteiger partial charge in [-0.2, -0.15) is 0 Å². The molecule has 0 radical (unpaired) electrons. The molecule has 1 fully saturated rings. The van der Waals surface area contributed by atoms with Crippen LogP contribution in [-0.4, -0.2) is 53.6 Å². The van der Waals surface area contributed by atoms with Crippen LogP contribution in [0.2, 0.25) is 0 Å². The number of carbonyl (C=O) groups is 1. The lowest BCUT2D eigenvalue weighted by Crippen LogP contribution is -2.40. The van der Waals surface area contributed by atoms with E-state index in [1.54, 1.807) is 6.20 Å². The molecule has 1 aliphatic heterocycles. The summed E-state index contributed by atoms with van der Waals surface area (Å²) in [5, 5.41) is 4.58. The minimum absolute atomic E-state index is 0.0196. The van der Waals surface area contributed by atoms with Crippen molar-refractivity contribution in [1.82, 2.24) is 14.9 Å². The van der Waals surface area contributed by atoms with Gasteiger partial charge >= 0.3 is 0 Å². The summed E-state index contributed by atoms with van der Waals surface area (Å²) in [6.45, 7) is 3.28. The number of para-hydroxylation sites is 1. The molecule has 6 heteroatoms. The molecule has 26 heavy (non-hydrogen) atoms. The van der Waals surface area contributed by atoms with E-state index < -0.39 is 0 Å². The molecular weight excluding hydrogens is 328 g/mol. The quantitative estimate of drug-likeness (QED) is 0.742.